The van der Waals surface area contributed by atoms with Crippen LogP contribution in [0.1, 0.15) is 16.8 Å². The molecule has 30 heavy (non-hydrogen) atoms. The molecule has 2 heterocycles. The Morgan fingerprint density at radius 2 is 1.97 bits per heavy atom. The molecule has 0 spiro atoms. The Hall–Kier alpha value is -2.07. The van der Waals surface area contributed by atoms with E-state index in [1.165, 1.54) is 18.4 Å². The molecule has 0 aliphatic carbocycles. The van der Waals surface area contributed by atoms with Gasteiger partial charge in [0.05, 0.1) is 23.9 Å². The second-order valence-electron chi connectivity index (χ2n) is 6.76. The van der Waals surface area contributed by atoms with Gasteiger partial charge in [0.25, 0.3) is 5.91 Å². The lowest BCUT2D eigenvalue weighted by Gasteiger charge is -2.20. The van der Waals surface area contributed by atoms with Crippen LogP contribution in [-0.4, -0.2) is 67.0 Å². The molecular formula is C19H25Cl2N5O3S. The van der Waals surface area contributed by atoms with Crippen molar-refractivity contribution in [1.82, 2.24) is 19.7 Å². The fraction of sp³-hybridized carbons (Fsp3) is 0.421. The van der Waals surface area contributed by atoms with Crippen molar-refractivity contribution in [2.75, 3.05) is 46.3 Å². The zero-order valence-corrected chi connectivity index (χ0v) is 19.9. The molecule has 1 aromatic carbocycles. The average molecular weight is 474 g/mol. The Balaban J connectivity index is 0.00000320. The second-order valence-corrected chi connectivity index (χ2v) is 8.15. The highest BCUT2D eigenvalue weighted by Crippen LogP contribution is 2.39. The lowest BCUT2D eigenvalue weighted by molar-refractivity contribution is 0.0983. The van der Waals surface area contributed by atoms with Crippen molar-refractivity contribution in [2.24, 2.45) is 7.05 Å². The van der Waals surface area contributed by atoms with E-state index in [1.807, 2.05) is 14.1 Å². The van der Waals surface area contributed by atoms with Crippen LogP contribution in [0.3, 0.4) is 0 Å². The van der Waals surface area contributed by atoms with Crippen molar-refractivity contribution in [1.29, 1.82) is 0 Å². The topological polar surface area (TPSA) is 72.7 Å². The van der Waals surface area contributed by atoms with Gasteiger partial charge < -0.3 is 14.4 Å². The molecule has 0 saturated carbocycles. The molecule has 0 bridgehead atoms. The number of aryl methyl sites for hydroxylation is 1. The number of carbonyl (C=O) groups is 1. The van der Waals surface area contributed by atoms with Crippen LogP contribution in [0.25, 0.3) is 10.2 Å². The zero-order chi connectivity index (χ0) is 21.1. The van der Waals surface area contributed by atoms with Crippen molar-refractivity contribution < 1.29 is 14.3 Å². The number of methoxy groups -OCH3 is 2. The fourth-order valence-corrected chi connectivity index (χ4v) is 4.24. The molecule has 0 aliphatic heterocycles. The Morgan fingerprint density at radius 3 is 2.60 bits per heavy atom. The van der Waals surface area contributed by atoms with E-state index in [1.54, 1.807) is 42.1 Å². The monoisotopic (exact) mass is 473 g/mol. The summed E-state index contributed by atoms with van der Waals surface area (Å²) in [5.41, 5.74) is 1.03. The Kier molecular flexibility index (Phi) is 8.31. The summed E-state index contributed by atoms with van der Waals surface area (Å²) < 4.78 is 13.0. The van der Waals surface area contributed by atoms with E-state index in [4.69, 9.17) is 21.1 Å². The highest BCUT2D eigenvalue weighted by molar-refractivity contribution is 7.23. The number of anilines is 1. The van der Waals surface area contributed by atoms with Crippen molar-refractivity contribution >= 4 is 56.6 Å². The maximum atomic E-state index is 13.4. The quantitative estimate of drug-likeness (QED) is 0.496. The van der Waals surface area contributed by atoms with Crippen LogP contribution in [0.4, 0.5) is 5.13 Å². The summed E-state index contributed by atoms with van der Waals surface area (Å²) in [6.45, 7) is 1.33. The van der Waals surface area contributed by atoms with Gasteiger partial charge in [-0.25, -0.2) is 4.98 Å². The first kappa shape index (κ1) is 24.2. The lowest BCUT2D eigenvalue weighted by Crippen LogP contribution is -2.33. The lowest BCUT2D eigenvalue weighted by atomic mass is 10.2. The Labute approximate surface area is 190 Å². The normalized spacial score (nSPS) is 10.9. The number of fused-ring (bicyclic) bond motifs is 1. The number of ether oxygens (including phenoxy) is 2. The number of halogens is 2. The molecule has 3 aromatic rings. The Morgan fingerprint density at radius 1 is 1.23 bits per heavy atom. The first-order valence-corrected chi connectivity index (χ1v) is 10.2. The number of amides is 1. The van der Waals surface area contributed by atoms with Crippen molar-refractivity contribution in [3.05, 3.63) is 28.9 Å². The minimum Gasteiger partial charge on any atom is -0.494 e. The molecule has 2 aromatic heterocycles. The van der Waals surface area contributed by atoms with Gasteiger partial charge in [0.1, 0.15) is 16.8 Å². The maximum Gasteiger partial charge on any atom is 0.267 e. The highest BCUT2D eigenvalue weighted by Gasteiger charge is 2.27. The van der Waals surface area contributed by atoms with E-state index in [0.29, 0.717) is 33.5 Å². The number of benzene rings is 1. The van der Waals surface area contributed by atoms with Crippen LogP contribution >= 0.6 is 35.3 Å². The molecule has 8 nitrogen and oxygen atoms in total. The summed E-state index contributed by atoms with van der Waals surface area (Å²) in [7, 11) is 8.83. The highest BCUT2D eigenvalue weighted by atomic mass is 35.5. The van der Waals surface area contributed by atoms with Gasteiger partial charge in [-0.05, 0) is 39.2 Å². The van der Waals surface area contributed by atoms with Crippen LogP contribution in [0.2, 0.25) is 5.02 Å². The zero-order valence-electron chi connectivity index (χ0n) is 17.5. The van der Waals surface area contributed by atoms with Crippen LogP contribution < -0.4 is 14.4 Å². The van der Waals surface area contributed by atoms with Crippen LogP contribution in [0.5, 0.6) is 11.6 Å². The summed E-state index contributed by atoms with van der Waals surface area (Å²) in [5.74, 6) is 0.682. The van der Waals surface area contributed by atoms with E-state index in [0.717, 1.165) is 17.7 Å². The summed E-state index contributed by atoms with van der Waals surface area (Å²) in [4.78, 5) is 21.8. The van der Waals surface area contributed by atoms with Gasteiger partial charge in [-0.3, -0.25) is 14.4 Å². The van der Waals surface area contributed by atoms with E-state index < -0.39 is 0 Å². The predicted molar refractivity (Wildman–Crippen MR) is 123 cm³/mol. The van der Waals surface area contributed by atoms with Crippen molar-refractivity contribution in [2.45, 2.75) is 6.42 Å². The molecule has 0 N–H and O–H groups in total. The largest absolute Gasteiger partial charge is 0.494 e. The fourth-order valence-electron chi connectivity index (χ4n) is 2.96. The maximum absolute atomic E-state index is 13.4. The molecular weight excluding hydrogens is 449 g/mol. The summed E-state index contributed by atoms with van der Waals surface area (Å²) in [5, 5.41) is 5.33. The molecule has 11 heteroatoms. The van der Waals surface area contributed by atoms with Crippen molar-refractivity contribution in [3.63, 3.8) is 0 Å². The minimum absolute atomic E-state index is 0. The van der Waals surface area contributed by atoms with Gasteiger partial charge in [0, 0.05) is 19.8 Å². The summed E-state index contributed by atoms with van der Waals surface area (Å²) in [6.07, 6.45) is 2.43. The second kappa shape index (κ2) is 10.3. The third-order valence-electron chi connectivity index (χ3n) is 4.35. The molecule has 0 saturated heterocycles. The van der Waals surface area contributed by atoms with Crippen LogP contribution in [0, 0.1) is 0 Å². The van der Waals surface area contributed by atoms with E-state index >= 15 is 0 Å². The van der Waals surface area contributed by atoms with Crippen LogP contribution in [0.15, 0.2) is 18.3 Å². The summed E-state index contributed by atoms with van der Waals surface area (Å²) >= 11 is 7.73. The van der Waals surface area contributed by atoms with E-state index in [2.05, 4.69) is 15.0 Å². The first-order chi connectivity index (χ1) is 13.8. The molecule has 164 valence electrons. The third-order valence-corrected chi connectivity index (χ3v) is 5.89. The van der Waals surface area contributed by atoms with Gasteiger partial charge in [-0.1, -0.05) is 22.9 Å². The molecule has 0 atom stereocenters. The molecule has 1 amide bonds. The number of hydrogen-bond acceptors (Lipinski definition) is 7. The average Bonchev–Trinajstić information content (AvgIpc) is 3.29. The number of aromatic nitrogens is 3. The molecule has 0 unspecified atom stereocenters. The number of carbonyl (C=O) groups excluding carboxylic acids is 1. The van der Waals surface area contributed by atoms with Gasteiger partial charge in [-0.2, -0.15) is 0 Å². The molecule has 3 rings (SSSR count). The third kappa shape index (κ3) is 4.97. The minimum atomic E-state index is -0.220. The molecule has 0 aliphatic rings. The van der Waals surface area contributed by atoms with E-state index in [9.17, 15) is 4.79 Å². The van der Waals surface area contributed by atoms with Gasteiger partial charge in [-0.15, -0.1) is 17.5 Å². The Bertz CT molecular complexity index is 1020. The standard InChI is InChI=1S/C19H24ClN5O3S.ClH/c1-23(2)9-6-10-25(18(26)12-11-24(3)22-17(12)28-5)19-21-15-14(27-4)8-7-13(20)16(15)29-19;/h7-8,11H,6,9-10H2,1-5H3;1H. The smallest absolute Gasteiger partial charge is 0.267 e. The first-order valence-electron chi connectivity index (χ1n) is 9.03. The van der Waals surface area contributed by atoms with Crippen LogP contribution in [-0.2, 0) is 7.05 Å². The molecule has 0 radical (unpaired) electrons. The number of thiazole rings is 1. The van der Waals surface area contributed by atoms with Gasteiger partial charge in [0.15, 0.2) is 5.13 Å². The molecule has 0 fully saturated rings. The number of hydrogen-bond donors (Lipinski definition) is 0. The predicted octanol–water partition coefficient (Wildman–Crippen LogP) is 3.72. The van der Waals surface area contributed by atoms with Gasteiger partial charge >= 0.3 is 0 Å². The SMILES string of the molecule is COc1nn(C)cc1C(=O)N(CCCN(C)C)c1nc2c(OC)ccc(Cl)c2s1.Cl. The van der Waals surface area contributed by atoms with E-state index in [-0.39, 0.29) is 24.2 Å². The number of nitrogens with zero attached hydrogens (tertiary/aromatic N) is 5. The van der Waals surface area contributed by atoms with Crippen molar-refractivity contribution in [3.8, 4) is 11.6 Å². The summed E-state index contributed by atoms with van der Waals surface area (Å²) in [6, 6.07) is 3.55. The van der Waals surface area contributed by atoms with Gasteiger partial charge in [0.2, 0.25) is 5.88 Å². The number of rotatable bonds is 8.